The van der Waals surface area contributed by atoms with Crippen LogP contribution in [-0.4, -0.2) is 9.78 Å². The molecule has 2 rings (SSSR count). The van der Waals surface area contributed by atoms with E-state index >= 15 is 0 Å². The molecule has 2 aromatic rings. The zero-order chi connectivity index (χ0) is 13.0. The molecule has 0 amide bonds. The van der Waals surface area contributed by atoms with Crippen LogP contribution < -0.4 is 0 Å². The van der Waals surface area contributed by atoms with Gasteiger partial charge in [-0.05, 0) is 44.5 Å². The average molecular weight is 234 g/mol. The minimum absolute atomic E-state index is 0.194. The van der Waals surface area contributed by atoms with E-state index in [-0.39, 0.29) is 5.82 Å². The molecule has 0 saturated heterocycles. The first kappa shape index (κ1) is 13.4. The van der Waals surface area contributed by atoms with Gasteiger partial charge in [-0.3, -0.25) is 0 Å². The standard InChI is InChI=1S/C12H13FN2.C2H6/c1-8-4-5-11(7-12(8)13)15-10(3)6-9(2)14-15;1-2/h4-7H,1-3H3;1-2H3. The molecule has 1 heterocycles. The quantitative estimate of drug-likeness (QED) is 0.730. The van der Waals surface area contributed by atoms with Gasteiger partial charge in [-0.15, -0.1) is 0 Å². The number of benzene rings is 1. The van der Waals surface area contributed by atoms with Crippen molar-refractivity contribution in [2.75, 3.05) is 0 Å². The van der Waals surface area contributed by atoms with Gasteiger partial charge in [0, 0.05) is 5.69 Å². The molecule has 0 atom stereocenters. The van der Waals surface area contributed by atoms with E-state index in [1.54, 1.807) is 17.7 Å². The predicted molar refractivity (Wildman–Crippen MR) is 69.1 cm³/mol. The fraction of sp³-hybridized carbons (Fsp3) is 0.357. The highest BCUT2D eigenvalue weighted by atomic mass is 19.1. The fourth-order valence-corrected chi connectivity index (χ4v) is 1.60. The van der Waals surface area contributed by atoms with Crippen LogP contribution >= 0.6 is 0 Å². The zero-order valence-corrected chi connectivity index (χ0v) is 11.1. The van der Waals surface area contributed by atoms with Crippen molar-refractivity contribution in [2.45, 2.75) is 34.6 Å². The van der Waals surface area contributed by atoms with Gasteiger partial charge in [-0.2, -0.15) is 5.10 Å². The highest BCUT2D eigenvalue weighted by molar-refractivity contribution is 5.36. The Bertz CT molecular complexity index is 501. The van der Waals surface area contributed by atoms with Crippen LogP contribution in [0.4, 0.5) is 4.39 Å². The summed E-state index contributed by atoms with van der Waals surface area (Å²) in [5, 5.41) is 4.30. The summed E-state index contributed by atoms with van der Waals surface area (Å²) in [7, 11) is 0. The molecule has 0 radical (unpaired) electrons. The molecule has 0 aliphatic rings. The Morgan fingerprint density at radius 1 is 1.06 bits per heavy atom. The lowest BCUT2D eigenvalue weighted by Crippen LogP contribution is -2.00. The number of aromatic nitrogens is 2. The molecule has 0 N–H and O–H groups in total. The van der Waals surface area contributed by atoms with E-state index in [2.05, 4.69) is 5.10 Å². The van der Waals surface area contributed by atoms with Gasteiger partial charge in [-0.25, -0.2) is 9.07 Å². The van der Waals surface area contributed by atoms with Crippen LogP contribution in [0.1, 0.15) is 30.8 Å². The summed E-state index contributed by atoms with van der Waals surface area (Å²) in [6.45, 7) is 9.63. The molecule has 1 aromatic heterocycles. The zero-order valence-electron chi connectivity index (χ0n) is 11.1. The van der Waals surface area contributed by atoms with Gasteiger partial charge < -0.3 is 0 Å². The summed E-state index contributed by atoms with van der Waals surface area (Å²) in [5.74, 6) is -0.194. The van der Waals surface area contributed by atoms with Gasteiger partial charge in [-0.1, -0.05) is 19.9 Å². The van der Waals surface area contributed by atoms with E-state index in [1.165, 1.54) is 6.07 Å². The van der Waals surface area contributed by atoms with Crippen LogP contribution in [0.15, 0.2) is 24.3 Å². The first-order valence-electron chi connectivity index (χ1n) is 5.88. The number of rotatable bonds is 1. The van der Waals surface area contributed by atoms with E-state index in [1.807, 2.05) is 39.8 Å². The Balaban J connectivity index is 0.000000686. The minimum atomic E-state index is -0.194. The van der Waals surface area contributed by atoms with Crippen molar-refractivity contribution in [1.29, 1.82) is 0 Å². The van der Waals surface area contributed by atoms with Gasteiger partial charge in [0.15, 0.2) is 0 Å². The molecule has 3 heteroatoms. The highest BCUT2D eigenvalue weighted by Crippen LogP contribution is 2.15. The topological polar surface area (TPSA) is 17.8 Å². The van der Waals surface area contributed by atoms with Crippen molar-refractivity contribution < 1.29 is 4.39 Å². The third-order valence-electron chi connectivity index (χ3n) is 2.41. The number of halogens is 1. The fourth-order valence-electron chi connectivity index (χ4n) is 1.60. The molecular weight excluding hydrogens is 215 g/mol. The summed E-state index contributed by atoms with van der Waals surface area (Å²) in [4.78, 5) is 0. The van der Waals surface area contributed by atoms with Crippen LogP contribution in [0.3, 0.4) is 0 Å². The van der Waals surface area contributed by atoms with Crippen LogP contribution in [0.5, 0.6) is 0 Å². The summed E-state index contributed by atoms with van der Waals surface area (Å²) in [5.41, 5.74) is 3.37. The molecule has 0 fully saturated rings. The summed E-state index contributed by atoms with van der Waals surface area (Å²) in [6.07, 6.45) is 0. The normalized spacial score (nSPS) is 9.76. The van der Waals surface area contributed by atoms with Crippen molar-refractivity contribution >= 4 is 0 Å². The predicted octanol–water partition coefficient (Wildman–Crippen LogP) is 3.96. The Labute approximate surface area is 102 Å². The Morgan fingerprint density at radius 2 is 1.71 bits per heavy atom. The summed E-state index contributed by atoms with van der Waals surface area (Å²) >= 11 is 0. The van der Waals surface area contributed by atoms with E-state index in [0.29, 0.717) is 5.56 Å². The Hall–Kier alpha value is -1.64. The largest absolute Gasteiger partial charge is 0.238 e. The first-order chi connectivity index (χ1) is 8.08. The number of hydrogen-bond acceptors (Lipinski definition) is 1. The Kier molecular flexibility index (Phi) is 4.44. The van der Waals surface area contributed by atoms with Crippen LogP contribution in [0, 0.1) is 26.6 Å². The molecule has 0 spiro atoms. The maximum Gasteiger partial charge on any atom is 0.128 e. The van der Waals surface area contributed by atoms with Crippen molar-refractivity contribution in [3.63, 3.8) is 0 Å². The molecule has 2 nitrogen and oxygen atoms in total. The van der Waals surface area contributed by atoms with Crippen molar-refractivity contribution in [1.82, 2.24) is 9.78 Å². The maximum atomic E-state index is 13.4. The second-order valence-electron chi connectivity index (χ2n) is 3.77. The lowest BCUT2D eigenvalue weighted by molar-refractivity contribution is 0.615. The first-order valence-corrected chi connectivity index (χ1v) is 5.88. The van der Waals surface area contributed by atoms with E-state index in [9.17, 15) is 4.39 Å². The van der Waals surface area contributed by atoms with Crippen molar-refractivity contribution in [3.8, 4) is 5.69 Å². The minimum Gasteiger partial charge on any atom is -0.238 e. The Morgan fingerprint density at radius 3 is 2.18 bits per heavy atom. The molecule has 0 bridgehead atoms. The lowest BCUT2D eigenvalue weighted by atomic mass is 10.2. The molecule has 0 saturated carbocycles. The maximum absolute atomic E-state index is 13.4. The van der Waals surface area contributed by atoms with E-state index in [0.717, 1.165) is 17.1 Å². The third kappa shape index (κ3) is 2.93. The second kappa shape index (κ2) is 5.62. The number of aryl methyl sites for hydroxylation is 3. The number of nitrogens with zero attached hydrogens (tertiary/aromatic N) is 2. The smallest absolute Gasteiger partial charge is 0.128 e. The van der Waals surface area contributed by atoms with Crippen LogP contribution in [0.2, 0.25) is 0 Å². The van der Waals surface area contributed by atoms with Gasteiger partial charge in [0.25, 0.3) is 0 Å². The molecule has 1 aromatic carbocycles. The SMILES string of the molecule is CC.Cc1cc(C)n(-c2ccc(C)c(F)c2)n1. The molecule has 17 heavy (non-hydrogen) atoms. The van der Waals surface area contributed by atoms with Gasteiger partial charge >= 0.3 is 0 Å². The van der Waals surface area contributed by atoms with Gasteiger partial charge in [0.1, 0.15) is 5.82 Å². The molecule has 0 aliphatic heterocycles. The molecule has 0 unspecified atom stereocenters. The summed E-state index contributed by atoms with van der Waals surface area (Å²) in [6, 6.07) is 7.12. The lowest BCUT2D eigenvalue weighted by Gasteiger charge is -2.05. The van der Waals surface area contributed by atoms with E-state index < -0.39 is 0 Å². The molecule has 92 valence electrons. The van der Waals surface area contributed by atoms with Crippen molar-refractivity contribution in [2.24, 2.45) is 0 Å². The molecular formula is C14H19FN2. The molecule has 0 aliphatic carbocycles. The van der Waals surface area contributed by atoms with Crippen LogP contribution in [-0.2, 0) is 0 Å². The van der Waals surface area contributed by atoms with E-state index in [4.69, 9.17) is 0 Å². The number of hydrogen-bond donors (Lipinski definition) is 0. The second-order valence-corrected chi connectivity index (χ2v) is 3.77. The monoisotopic (exact) mass is 234 g/mol. The average Bonchev–Trinajstić information content (AvgIpc) is 2.65. The van der Waals surface area contributed by atoms with Crippen molar-refractivity contribution in [3.05, 3.63) is 47.0 Å². The summed E-state index contributed by atoms with van der Waals surface area (Å²) < 4.78 is 15.1. The highest BCUT2D eigenvalue weighted by Gasteiger charge is 2.05. The third-order valence-corrected chi connectivity index (χ3v) is 2.41. The van der Waals surface area contributed by atoms with Gasteiger partial charge in [0.05, 0.1) is 11.4 Å². The van der Waals surface area contributed by atoms with Gasteiger partial charge in [0.2, 0.25) is 0 Å². The van der Waals surface area contributed by atoms with Crippen LogP contribution in [0.25, 0.3) is 5.69 Å².